The summed E-state index contributed by atoms with van der Waals surface area (Å²) in [5.74, 6) is 0.598. The van der Waals surface area contributed by atoms with Gasteiger partial charge in [-0.2, -0.15) is 0 Å². The summed E-state index contributed by atoms with van der Waals surface area (Å²) < 4.78 is 18.2. The Balaban J connectivity index is 1.68. The van der Waals surface area contributed by atoms with Crippen molar-refractivity contribution in [2.24, 2.45) is 10.9 Å². The minimum Gasteiger partial charge on any atom is -0.469 e. The number of ether oxygens (including phenoxy) is 1. The summed E-state index contributed by atoms with van der Waals surface area (Å²) in [6.07, 6.45) is 4.95. The Morgan fingerprint density at radius 3 is 2.48 bits per heavy atom. The second kappa shape index (κ2) is 8.72. The molecule has 0 unspecified atom stereocenters. The number of benzene rings is 1. The summed E-state index contributed by atoms with van der Waals surface area (Å²) in [5.41, 5.74) is 1.21. The van der Waals surface area contributed by atoms with Gasteiger partial charge < -0.3 is 15.0 Å². The third-order valence-electron chi connectivity index (χ3n) is 5.96. The highest BCUT2D eigenvalue weighted by molar-refractivity contribution is 5.80. The molecule has 2 fully saturated rings. The van der Waals surface area contributed by atoms with Gasteiger partial charge in [0.25, 0.3) is 0 Å². The van der Waals surface area contributed by atoms with Crippen LogP contribution in [0.1, 0.15) is 44.6 Å². The minimum atomic E-state index is -0.196. The SMILES string of the molecule is CCNC(=NCC1(c2ccc(F)cc2)CCC1)N1CCC(C(=O)OC)CC1. The van der Waals surface area contributed by atoms with Crippen LogP contribution < -0.4 is 5.32 Å². The monoisotopic (exact) mass is 375 g/mol. The maximum atomic E-state index is 13.3. The van der Waals surface area contributed by atoms with E-state index in [-0.39, 0.29) is 23.1 Å². The normalized spacial score (nSPS) is 20.1. The summed E-state index contributed by atoms with van der Waals surface area (Å²) >= 11 is 0. The van der Waals surface area contributed by atoms with Gasteiger partial charge in [-0.1, -0.05) is 18.6 Å². The summed E-state index contributed by atoms with van der Waals surface area (Å²) in [5, 5.41) is 3.39. The van der Waals surface area contributed by atoms with Gasteiger partial charge in [-0.25, -0.2) is 4.39 Å². The van der Waals surface area contributed by atoms with Crippen molar-refractivity contribution in [2.75, 3.05) is 33.3 Å². The smallest absolute Gasteiger partial charge is 0.308 e. The lowest BCUT2D eigenvalue weighted by Gasteiger charge is -2.42. The van der Waals surface area contributed by atoms with E-state index in [0.29, 0.717) is 6.54 Å². The second-order valence-corrected chi connectivity index (χ2v) is 7.60. The zero-order chi connectivity index (χ0) is 19.3. The van der Waals surface area contributed by atoms with E-state index >= 15 is 0 Å². The summed E-state index contributed by atoms with van der Waals surface area (Å²) in [7, 11) is 1.45. The van der Waals surface area contributed by atoms with Crippen LogP contribution >= 0.6 is 0 Å². The van der Waals surface area contributed by atoms with Crippen LogP contribution in [-0.2, 0) is 14.9 Å². The number of methoxy groups -OCH3 is 1. The summed E-state index contributed by atoms with van der Waals surface area (Å²) in [6.45, 7) is 5.18. The first-order chi connectivity index (χ1) is 13.1. The fourth-order valence-corrected chi connectivity index (χ4v) is 4.09. The average molecular weight is 375 g/mol. The molecule has 0 amide bonds. The fraction of sp³-hybridized carbons (Fsp3) is 0.619. The molecule has 3 rings (SSSR count). The number of hydrogen-bond donors (Lipinski definition) is 1. The van der Waals surface area contributed by atoms with Gasteiger partial charge in [-0.15, -0.1) is 0 Å². The van der Waals surface area contributed by atoms with Crippen LogP contribution in [0.15, 0.2) is 29.3 Å². The van der Waals surface area contributed by atoms with Crippen molar-refractivity contribution >= 4 is 11.9 Å². The molecule has 0 radical (unpaired) electrons. The van der Waals surface area contributed by atoms with E-state index in [1.807, 2.05) is 12.1 Å². The van der Waals surface area contributed by atoms with Crippen LogP contribution in [0.5, 0.6) is 0 Å². The van der Waals surface area contributed by atoms with Crippen LogP contribution in [0.25, 0.3) is 0 Å². The molecule has 1 aliphatic heterocycles. The molecule has 1 saturated heterocycles. The third kappa shape index (κ3) is 4.42. The maximum Gasteiger partial charge on any atom is 0.308 e. The molecule has 6 heteroatoms. The molecule has 148 valence electrons. The zero-order valence-corrected chi connectivity index (χ0v) is 16.3. The van der Waals surface area contributed by atoms with Crippen LogP contribution in [-0.4, -0.2) is 50.1 Å². The number of nitrogens with zero attached hydrogens (tertiary/aromatic N) is 2. The second-order valence-electron chi connectivity index (χ2n) is 7.60. The quantitative estimate of drug-likeness (QED) is 0.488. The molecule has 0 bridgehead atoms. The van der Waals surface area contributed by atoms with Crippen molar-refractivity contribution in [2.45, 2.75) is 44.4 Å². The Hall–Kier alpha value is -2.11. The van der Waals surface area contributed by atoms with Crippen LogP contribution in [0.3, 0.4) is 0 Å². The number of piperidine rings is 1. The number of carbonyl (C=O) groups is 1. The third-order valence-corrected chi connectivity index (χ3v) is 5.96. The maximum absolute atomic E-state index is 13.3. The molecule has 27 heavy (non-hydrogen) atoms. The fourth-order valence-electron chi connectivity index (χ4n) is 4.09. The molecular weight excluding hydrogens is 345 g/mol. The minimum absolute atomic E-state index is 0.00804. The number of esters is 1. The number of guanidine groups is 1. The number of nitrogens with one attached hydrogen (secondary N) is 1. The Bertz CT molecular complexity index is 663. The van der Waals surface area contributed by atoms with E-state index in [2.05, 4.69) is 17.1 Å². The highest BCUT2D eigenvalue weighted by Crippen LogP contribution is 2.44. The Morgan fingerprint density at radius 1 is 1.30 bits per heavy atom. The van der Waals surface area contributed by atoms with Crippen molar-refractivity contribution in [3.63, 3.8) is 0 Å². The van der Waals surface area contributed by atoms with E-state index in [0.717, 1.165) is 51.3 Å². The van der Waals surface area contributed by atoms with E-state index in [4.69, 9.17) is 9.73 Å². The first kappa shape index (κ1) is 19.6. The zero-order valence-electron chi connectivity index (χ0n) is 16.3. The van der Waals surface area contributed by atoms with Crippen LogP contribution in [0.4, 0.5) is 4.39 Å². The van der Waals surface area contributed by atoms with E-state index in [1.54, 1.807) is 12.1 Å². The molecule has 2 aliphatic rings. The average Bonchev–Trinajstić information content (AvgIpc) is 2.67. The Morgan fingerprint density at radius 2 is 1.96 bits per heavy atom. The van der Waals surface area contributed by atoms with Crippen molar-refractivity contribution in [1.82, 2.24) is 10.2 Å². The molecule has 1 aromatic rings. The summed E-state index contributed by atoms with van der Waals surface area (Å²) in [4.78, 5) is 18.9. The van der Waals surface area contributed by atoms with Gasteiger partial charge in [-0.05, 0) is 50.3 Å². The lowest BCUT2D eigenvalue weighted by atomic mass is 9.64. The largest absolute Gasteiger partial charge is 0.469 e. The van der Waals surface area contributed by atoms with Gasteiger partial charge in [0, 0.05) is 25.0 Å². The van der Waals surface area contributed by atoms with Crippen molar-refractivity contribution in [1.29, 1.82) is 0 Å². The lowest BCUT2D eigenvalue weighted by Crippen LogP contribution is -2.47. The first-order valence-corrected chi connectivity index (χ1v) is 9.95. The van der Waals surface area contributed by atoms with Gasteiger partial charge in [0.15, 0.2) is 5.96 Å². The molecule has 5 nitrogen and oxygen atoms in total. The summed E-state index contributed by atoms with van der Waals surface area (Å²) in [6, 6.07) is 6.89. The van der Waals surface area contributed by atoms with Gasteiger partial charge in [0.05, 0.1) is 19.6 Å². The van der Waals surface area contributed by atoms with Gasteiger partial charge >= 0.3 is 5.97 Å². The number of rotatable bonds is 5. The highest BCUT2D eigenvalue weighted by atomic mass is 19.1. The first-order valence-electron chi connectivity index (χ1n) is 9.95. The van der Waals surface area contributed by atoms with Crippen LogP contribution in [0, 0.1) is 11.7 Å². The topological polar surface area (TPSA) is 53.9 Å². The van der Waals surface area contributed by atoms with Crippen molar-refractivity contribution in [3.8, 4) is 0 Å². The Kier molecular flexibility index (Phi) is 6.34. The van der Waals surface area contributed by atoms with Crippen LogP contribution in [0.2, 0.25) is 0 Å². The molecular formula is C21H30FN3O2. The molecule has 0 atom stereocenters. The molecule has 1 aliphatic carbocycles. The standard InChI is InChI=1S/C21H30FN3O2/c1-3-23-20(25-13-9-16(10-14-25)19(26)27-2)24-15-21(11-4-12-21)17-5-7-18(22)8-6-17/h5-8,16H,3-4,9-15H2,1-2H3,(H,23,24). The Labute approximate surface area is 161 Å². The van der Waals surface area contributed by atoms with E-state index in [9.17, 15) is 9.18 Å². The van der Waals surface area contributed by atoms with E-state index < -0.39 is 0 Å². The number of carbonyl (C=O) groups excluding carboxylic acids is 1. The van der Waals surface area contributed by atoms with E-state index in [1.165, 1.54) is 19.1 Å². The lowest BCUT2D eigenvalue weighted by molar-refractivity contribution is -0.146. The molecule has 1 heterocycles. The number of likely N-dealkylation sites (tertiary alicyclic amines) is 1. The highest BCUT2D eigenvalue weighted by Gasteiger charge is 2.39. The number of aliphatic imine (C=N–C) groups is 1. The number of hydrogen-bond acceptors (Lipinski definition) is 3. The van der Waals surface area contributed by atoms with Crippen molar-refractivity contribution < 1.29 is 13.9 Å². The molecule has 1 aromatic carbocycles. The molecule has 0 aromatic heterocycles. The molecule has 1 N–H and O–H groups in total. The predicted octanol–water partition coefficient (Wildman–Crippen LogP) is 3.10. The van der Waals surface area contributed by atoms with Gasteiger partial charge in [0.1, 0.15) is 5.82 Å². The van der Waals surface area contributed by atoms with Crippen molar-refractivity contribution in [3.05, 3.63) is 35.6 Å². The predicted molar refractivity (Wildman–Crippen MR) is 104 cm³/mol. The molecule has 0 spiro atoms. The molecule has 1 saturated carbocycles. The number of halogens is 1. The van der Waals surface area contributed by atoms with Gasteiger partial charge in [-0.3, -0.25) is 9.79 Å². The van der Waals surface area contributed by atoms with Gasteiger partial charge in [0.2, 0.25) is 0 Å².